The maximum atomic E-state index is 13.0. The van der Waals surface area contributed by atoms with Crippen LogP contribution in [0.3, 0.4) is 0 Å². The third-order valence-electron chi connectivity index (χ3n) is 5.63. The van der Waals surface area contributed by atoms with Crippen molar-refractivity contribution in [2.24, 2.45) is 0 Å². The molecule has 0 aliphatic carbocycles. The summed E-state index contributed by atoms with van der Waals surface area (Å²) < 4.78 is 27.9. The third-order valence-corrected chi connectivity index (χ3v) is 8.55. The molecule has 2 N–H and O–H groups in total. The van der Waals surface area contributed by atoms with Crippen molar-refractivity contribution >= 4 is 73.2 Å². The number of amides is 3. The monoisotopic (exact) mass is 558 g/mol. The molecule has 0 saturated carbocycles. The van der Waals surface area contributed by atoms with E-state index in [1.807, 2.05) is 0 Å². The topological polar surface area (TPSA) is 142 Å². The Morgan fingerprint density at radius 3 is 2.74 bits per heavy atom. The van der Waals surface area contributed by atoms with Crippen LogP contribution in [0.5, 0.6) is 0 Å². The van der Waals surface area contributed by atoms with Gasteiger partial charge in [0.1, 0.15) is 17.6 Å². The Balaban J connectivity index is 1.35. The molecule has 11 nitrogen and oxygen atoms in total. The Morgan fingerprint density at radius 2 is 2.03 bits per heavy atom. The fourth-order valence-corrected chi connectivity index (χ4v) is 6.54. The summed E-state index contributed by atoms with van der Waals surface area (Å²) in [7, 11) is -3.89. The molecule has 4 heterocycles. The zero-order chi connectivity index (χ0) is 25.0. The molecule has 15 heteroatoms. The Hall–Kier alpha value is -2.39. The third kappa shape index (κ3) is 6.64. The van der Waals surface area contributed by atoms with E-state index in [0.717, 1.165) is 5.41 Å². The van der Waals surface area contributed by atoms with Crippen molar-refractivity contribution < 1.29 is 22.8 Å². The molecule has 2 saturated heterocycles. The standard InChI is InChI=1S/C20H23ClN6O5S3/c21-16-6-5-13(34-16)7-10-35(31,32)25-14-3-1-8-26(19(14)30)11-17(28)27-9-2-4-15(27)18(29)23-20-24-22-12-33-20/h5-7,10,12,14-15,25H,1-4,8-9,11H2,(H,23,24,29)/b10-7+. The maximum Gasteiger partial charge on any atom is 0.249 e. The van der Waals surface area contributed by atoms with Gasteiger partial charge < -0.3 is 9.80 Å². The van der Waals surface area contributed by atoms with Gasteiger partial charge in [-0.15, -0.1) is 21.5 Å². The van der Waals surface area contributed by atoms with Crippen LogP contribution < -0.4 is 10.0 Å². The Kier molecular flexibility index (Phi) is 8.16. The van der Waals surface area contributed by atoms with E-state index < -0.39 is 28.0 Å². The van der Waals surface area contributed by atoms with E-state index in [1.54, 1.807) is 12.1 Å². The van der Waals surface area contributed by atoms with Crippen LogP contribution in [0.4, 0.5) is 5.13 Å². The zero-order valence-electron chi connectivity index (χ0n) is 18.4. The first-order chi connectivity index (χ1) is 16.7. The molecule has 188 valence electrons. The van der Waals surface area contributed by atoms with Crippen LogP contribution in [0.1, 0.15) is 30.6 Å². The van der Waals surface area contributed by atoms with E-state index in [9.17, 15) is 22.8 Å². The largest absolute Gasteiger partial charge is 0.332 e. The van der Waals surface area contributed by atoms with Gasteiger partial charge in [-0.05, 0) is 43.9 Å². The molecule has 35 heavy (non-hydrogen) atoms. The molecule has 0 aromatic carbocycles. The number of rotatable bonds is 8. The number of carbonyl (C=O) groups is 3. The van der Waals surface area contributed by atoms with Crippen LogP contribution in [0.25, 0.3) is 6.08 Å². The highest BCUT2D eigenvalue weighted by Gasteiger charge is 2.37. The number of thiophene rings is 1. The van der Waals surface area contributed by atoms with E-state index in [-0.39, 0.29) is 18.4 Å². The van der Waals surface area contributed by atoms with Crippen molar-refractivity contribution in [1.82, 2.24) is 24.7 Å². The second-order valence-corrected chi connectivity index (χ2v) is 12.2. The number of carbonyl (C=O) groups excluding carboxylic acids is 3. The second kappa shape index (κ2) is 11.1. The summed E-state index contributed by atoms with van der Waals surface area (Å²) in [5, 5.41) is 11.5. The van der Waals surface area contributed by atoms with Crippen LogP contribution in [-0.2, 0) is 24.4 Å². The Labute approximate surface area is 215 Å². The average molecular weight is 559 g/mol. The van der Waals surface area contributed by atoms with Gasteiger partial charge in [-0.2, -0.15) is 4.72 Å². The fourth-order valence-electron chi connectivity index (χ4n) is 4.03. The lowest BCUT2D eigenvalue weighted by Gasteiger charge is -2.33. The summed E-state index contributed by atoms with van der Waals surface area (Å²) in [6.45, 7) is 0.521. The lowest BCUT2D eigenvalue weighted by atomic mass is 10.1. The minimum Gasteiger partial charge on any atom is -0.332 e. The van der Waals surface area contributed by atoms with Crippen molar-refractivity contribution in [1.29, 1.82) is 0 Å². The summed E-state index contributed by atoms with van der Waals surface area (Å²) in [5.74, 6) is -1.16. The maximum absolute atomic E-state index is 13.0. The van der Waals surface area contributed by atoms with Crippen molar-refractivity contribution in [3.8, 4) is 0 Å². The van der Waals surface area contributed by atoms with E-state index in [4.69, 9.17) is 11.6 Å². The first kappa shape index (κ1) is 25.7. The molecule has 2 aliphatic rings. The molecule has 2 fully saturated rings. The summed E-state index contributed by atoms with van der Waals surface area (Å²) in [4.78, 5) is 42.0. The number of hydrogen-bond donors (Lipinski definition) is 2. The van der Waals surface area contributed by atoms with Crippen LogP contribution in [0, 0.1) is 0 Å². The predicted octanol–water partition coefficient (Wildman–Crippen LogP) is 1.76. The fraction of sp³-hybridized carbons (Fsp3) is 0.450. The van der Waals surface area contributed by atoms with Gasteiger partial charge in [-0.25, -0.2) is 8.42 Å². The van der Waals surface area contributed by atoms with Gasteiger partial charge in [-0.3, -0.25) is 19.7 Å². The molecular weight excluding hydrogens is 536 g/mol. The quantitative estimate of drug-likeness (QED) is 0.503. The highest BCUT2D eigenvalue weighted by Crippen LogP contribution is 2.23. The number of likely N-dealkylation sites (tertiary alicyclic amines) is 2. The van der Waals surface area contributed by atoms with E-state index in [1.165, 1.54) is 44.1 Å². The smallest absolute Gasteiger partial charge is 0.249 e. The highest BCUT2D eigenvalue weighted by atomic mass is 35.5. The Bertz CT molecular complexity index is 1220. The molecule has 2 aromatic rings. The van der Waals surface area contributed by atoms with Gasteiger partial charge in [0.25, 0.3) is 0 Å². The number of hydrogen-bond acceptors (Lipinski definition) is 9. The number of piperidine rings is 1. The number of sulfonamides is 1. The molecule has 2 unspecified atom stereocenters. The zero-order valence-corrected chi connectivity index (χ0v) is 21.6. The van der Waals surface area contributed by atoms with Gasteiger partial charge >= 0.3 is 0 Å². The molecular formula is C20H23ClN6O5S3. The molecule has 2 aromatic heterocycles. The van der Waals surface area contributed by atoms with Gasteiger partial charge in [0, 0.05) is 23.4 Å². The van der Waals surface area contributed by atoms with Gasteiger partial charge in [-0.1, -0.05) is 22.9 Å². The van der Waals surface area contributed by atoms with Gasteiger partial charge in [0.15, 0.2) is 0 Å². The van der Waals surface area contributed by atoms with Crippen LogP contribution in [-0.4, -0.2) is 77.9 Å². The van der Waals surface area contributed by atoms with Crippen LogP contribution in [0.15, 0.2) is 23.1 Å². The van der Waals surface area contributed by atoms with E-state index in [2.05, 4.69) is 20.2 Å². The molecule has 2 aliphatic heterocycles. The van der Waals surface area contributed by atoms with Crippen LogP contribution in [0.2, 0.25) is 4.34 Å². The normalized spacial score (nSPS) is 21.1. The lowest BCUT2D eigenvalue weighted by molar-refractivity contribution is -0.144. The number of nitrogens with zero attached hydrogens (tertiary/aromatic N) is 4. The van der Waals surface area contributed by atoms with Crippen LogP contribution >= 0.6 is 34.3 Å². The summed E-state index contributed by atoms with van der Waals surface area (Å²) in [6, 6.07) is 1.73. The molecule has 0 bridgehead atoms. The minimum absolute atomic E-state index is 0.219. The van der Waals surface area contributed by atoms with E-state index in [0.29, 0.717) is 53.1 Å². The molecule has 0 spiro atoms. The minimum atomic E-state index is -3.89. The second-order valence-electron chi connectivity index (χ2n) is 8.04. The first-order valence-corrected chi connectivity index (χ1v) is 14.4. The SMILES string of the molecule is O=C(Nc1nncs1)C1CCCN1C(=O)CN1CCCC(NS(=O)(=O)/C=C/c2ccc(Cl)s2)C1=O. The number of nitrogens with one attached hydrogen (secondary N) is 2. The number of halogens is 1. The summed E-state index contributed by atoms with van der Waals surface area (Å²) in [5.41, 5.74) is 1.49. The molecule has 0 radical (unpaired) electrons. The molecule has 4 rings (SSSR count). The van der Waals surface area contributed by atoms with E-state index >= 15 is 0 Å². The predicted molar refractivity (Wildman–Crippen MR) is 133 cm³/mol. The highest BCUT2D eigenvalue weighted by molar-refractivity contribution is 7.92. The molecule has 3 amide bonds. The van der Waals surface area contributed by atoms with Crippen molar-refractivity contribution in [2.45, 2.75) is 37.8 Å². The van der Waals surface area contributed by atoms with Gasteiger partial charge in [0.2, 0.25) is 32.9 Å². The first-order valence-electron chi connectivity index (χ1n) is 10.8. The van der Waals surface area contributed by atoms with Crippen molar-refractivity contribution in [3.63, 3.8) is 0 Å². The summed E-state index contributed by atoms with van der Waals surface area (Å²) >= 11 is 8.27. The molecule has 2 atom stereocenters. The average Bonchev–Trinajstić information content (AvgIpc) is 3.57. The Morgan fingerprint density at radius 1 is 1.23 bits per heavy atom. The number of anilines is 1. The van der Waals surface area contributed by atoms with Gasteiger partial charge in [0.05, 0.1) is 10.9 Å². The lowest BCUT2D eigenvalue weighted by Crippen LogP contribution is -2.55. The number of aromatic nitrogens is 2. The summed E-state index contributed by atoms with van der Waals surface area (Å²) in [6.07, 6.45) is 3.45. The van der Waals surface area contributed by atoms with Crippen molar-refractivity contribution in [2.75, 3.05) is 25.0 Å². The van der Waals surface area contributed by atoms with Crippen molar-refractivity contribution in [3.05, 3.63) is 32.3 Å².